The summed E-state index contributed by atoms with van der Waals surface area (Å²) in [4.78, 5) is 22.0. The Morgan fingerprint density at radius 1 is 1.08 bits per heavy atom. The van der Waals surface area contributed by atoms with Crippen LogP contribution in [0.5, 0.6) is 0 Å². The van der Waals surface area contributed by atoms with Crippen LogP contribution in [0.4, 0.5) is 11.4 Å². The van der Waals surface area contributed by atoms with E-state index in [0.717, 1.165) is 49.8 Å². The highest BCUT2D eigenvalue weighted by Gasteiger charge is 2.56. The number of nitro groups is 2. The Kier molecular flexibility index (Phi) is 6.90. The molecule has 0 radical (unpaired) electrons. The number of non-ortho nitro benzene ring substituents is 1. The van der Waals surface area contributed by atoms with E-state index in [2.05, 4.69) is 19.1 Å². The molecule has 6 rings (SSSR count). The van der Waals surface area contributed by atoms with Crippen LogP contribution in [0.1, 0.15) is 64.7 Å². The van der Waals surface area contributed by atoms with E-state index < -0.39 is 15.6 Å². The predicted molar refractivity (Wildman–Crippen MR) is 148 cm³/mol. The number of nitrogens with zero attached hydrogens (tertiary/aromatic N) is 2. The van der Waals surface area contributed by atoms with Crippen molar-refractivity contribution < 1.29 is 19.3 Å². The molecule has 10 heteroatoms. The zero-order valence-electron chi connectivity index (χ0n) is 21.7. The van der Waals surface area contributed by atoms with Crippen LogP contribution in [-0.4, -0.2) is 34.6 Å². The van der Waals surface area contributed by atoms with E-state index in [0.29, 0.717) is 29.4 Å². The quantitative estimate of drug-likeness (QED) is 0.111. The molecule has 1 aliphatic heterocycles. The number of benzene rings is 1. The van der Waals surface area contributed by atoms with E-state index in [-0.39, 0.29) is 16.8 Å². The fourth-order valence-electron chi connectivity index (χ4n) is 8.08. The number of ether oxygens (including phenoxy) is 2. The van der Waals surface area contributed by atoms with Gasteiger partial charge in [0.15, 0.2) is 5.79 Å². The molecule has 1 heterocycles. The van der Waals surface area contributed by atoms with Crippen LogP contribution in [0.2, 0.25) is 0 Å². The Bertz CT molecular complexity index is 1210. The van der Waals surface area contributed by atoms with Gasteiger partial charge in [0.1, 0.15) is 0 Å². The molecule has 2 saturated carbocycles. The zero-order valence-corrected chi connectivity index (χ0v) is 23.3. The molecule has 1 aromatic rings. The monoisotopic (exact) mass is 558 g/mol. The number of hydrogen-bond acceptors (Lipinski definition) is 8. The molecular weight excluding hydrogens is 524 g/mol. The molecule has 0 aromatic heterocycles. The van der Waals surface area contributed by atoms with Gasteiger partial charge in [0.05, 0.1) is 34.0 Å². The van der Waals surface area contributed by atoms with E-state index in [1.165, 1.54) is 54.2 Å². The first-order chi connectivity index (χ1) is 18.3. The van der Waals surface area contributed by atoms with Crippen LogP contribution in [0.3, 0.4) is 0 Å². The summed E-state index contributed by atoms with van der Waals surface area (Å²) in [7, 11) is 2.95. The van der Waals surface area contributed by atoms with Crippen LogP contribution in [0.15, 0.2) is 46.4 Å². The topological polar surface area (TPSA) is 105 Å². The molecular formula is C28H34N2O6S2. The number of allylic oxidation sites excluding steroid dienone is 3. The van der Waals surface area contributed by atoms with Gasteiger partial charge in [-0.3, -0.25) is 20.2 Å². The first-order valence-corrected chi connectivity index (χ1v) is 16.0. The smallest absolute Gasteiger partial charge is 0.290 e. The van der Waals surface area contributed by atoms with Gasteiger partial charge in [0.2, 0.25) is 0 Å². The highest BCUT2D eigenvalue weighted by atomic mass is 33.1. The van der Waals surface area contributed by atoms with Gasteiger partial charge >= 0.3 is 0 Å². The maximum Gasteiger partial charge on any atom is 0.290 e. The summed E-state index contributed by atoms with van der Waals surface area (Å²) in [6.45, 7) is 3.78. The molecule has 5 aliphatic rings. The third-order valence-corrected chi connectivity index (χ3v) is 12.3. The van der Waals surface area contributed by atoms with Crippen molar-refractivity contribution in [3.63, 3.8) is 0 Å². The molecule has 0 unspecified atom stereocenters. The average molecular weight is 559 g/mol. The van der Waals surface area contributed by atoms with E-state index in [1.54, 1.807) is 16.4 Å². The summed E-state index contributed by atoms with van der Waals surface area (Å²) in [5, 5.41) is 22.7. The van der Waals surface area contributed by atoms with Crippen molar-refractivity contribution in [3.05, 3.63) is 61.7 Å². The maximum atomic E-state index is 11.6. The Labute approximate surface area is 230 Å². The van der Waals surface area contributed by atoms with Gasteiger partial charge in [-0.05, 0) is 74.3 Å². The van der Waals surface area contributed by atoms with Gasteiger partial charge < -0.3 is 9.47 Å². The lowest BCUT2D eigenvalue weighted by atomic mass is 9.50. The summed E-state index contributed by atoms with van der Waals surface area (Å²) >= 11 is 0. The third-order valence-electron chi connectivity index (χ3n) is 9.90. The molecule has 0 bridgehead atoms. The Morgan fingerprint density at radius 2 is 1.89 bits per heavy atom. The molecule has 8 nitrogen and oxygen atoms in total. The molecule has 3 fully saturated rings. The average Bonchev–Trinajstić information content (AvgIpc) is 3.53. The lowest BCUT2D eigenvalue weighted by molar-refractivity contribution is -0.396. The summed E-state index contributed by atoms with van der Waals surface area (Å²) in [5.41, 5.74) is 3.06. The van der Waals surface area contributed by atoms with Gasteiger partial charge in [-0.25, -0.2) is 0 Å². The summed E-state index contributed by atoms with van der Waals surface area (Å²) in [6.07, 6.45) is 15.2. The molecule has 1 aromatic carbocycles. The fourth-order valence-corrected chi connectivity index (χ4v) is 10.4. The highest BCUT2D eigenvalue weighted by molar-refractivity contribution is 8.76. The van der Waals surface area contributed by atoms with Crippen molar-refractivity contribution in [1.82, 2.24) is 0 Å². The largest absolute Gasteiger partial charge is 0.344 e. The van der Waals surface area contributed by atoms with Gasteiger partial charge in [-0.2, -0.15) is 0 Å². The van der Waals surface area contributed by atoms with Gasteiger partial charge in [0.25, 0.3) is 11.4 Å². The Morgan fingerprint density at radius 3 is 2.66 bits per heavy atom. The van der Waals surface area contributed by atoms with Crippen LogP contribution in [0.25, 0.3) is 0 Å². The van der Waals surface area contributed by atoms with E-state index in [1.807, 2.05) is 0 Å². The molecule has 4 aliphatic carbocycles. The fraction of sp³-hybridized carbons (Fsp3) is 0.643. The molecule has 0 N–H and O–H groups in total. The first-order valence-electron chi connectivity index (χ1n) is 13.7. The molecule has 0 amide bonds. The third kappa shape index (κ3) is 4.41. The van der Waals surface area contributed by atoms with E-state index in [4.69, 9.17) is 9.47 Å². The predicted octanol–water partition coefficient (Wildman–Crippen LogP) is 7.63. The molecule has 1 spiro atoms. The number of fused-ring (bicyclic) bond motifs is 5. The van der Waals surface area contributed by atoms with Crippen LogP contribution < -0.4 is 0 Å². The molecule has 204 valence electrons. The summed E-state index contributed by atoms with van der Waals surface area (Å²) in [6, 6.07) is 3.90. The number of rotatable bonds is 7. The SMILES string of the molecule is C[C@]12CC=C3[C@@H](CCC4=CC5(CC[C@@]43CCSSc3ccc([N+](=O)[O-])cc3[N+](=O)[O-])OCCO5)[C@@H]1CCC2. The minimum Gasteiger partial charge on any atom is -0.344 e. The Balaban J connectivity index is 1.25. The van der Waals surface area contributed by atoms with Crippen molar-refractivity contribution in [2.75, 3.05) is 19.0 Å². The second kappa shape index (κ2) is 9.94. The minimum absolute atomic E-state index is 0.00235. The van der Waals surface area contributed by atoms with E-state index in [9.17, 15) is 20.2 Å². The Hall–Kier alpha value is -1.88. The van der Waals surface area contributed by atoms with Crippen molar-refractivity contribution >= 4 is 33.0 Å². The first kappa shape index (κ1) is 26.3. The molecule has 4 atom stereocenters. The van der Waals surface area contributed by atoms with Crippen LogP contribution >= 0.6 is 21.6 Å². The lowest BCUT2D eigenvalue weighted by Crippen LogP contribution is -2.47. The van der Waals surface area contributed by atoms with Crippen molar-refractivity contribution in [2.45, 2.75) is 75.4 Å². The normalized spacial score (nSPS) is 33.2. The molecule has 38 heavy (non-hydrogen) atoms. The minimum atomic E-state index is -0.595. The van der Waals surface area contributed by atoms with Crippen molar-refractivity contribution in [1.29, 1.82) is 0 Å². The zero-order chi connectivity index (χ0) is 26.5. The van der Waals surface area contributed by atoms with Crippen molar-refractivity contribution in [3.8, 4) is 0 Å². The number of hydrogen-bond donors (Lipinski definition) is 0. The van der Waals surface area contributed by atoms with Crippen LogP contribution in [0, 0.1) is 42.9 Å². The summed E-state index contributed by atoms with van der Waals surface area (Å²) < 4.78 is 12.2. The van der Waals surface area contributed by atoms with Gasteiger partial charge in [-0.15, -0.1) is 0 Å². The molecule has 1 saturated heterocycles. The van der Waals surface area contributed by atoms with Crippen LogP contribution in [-0.2, 0) is 9.47 Å². The van der Waals surface area contributed by atoms with Gasteiger partial charge in [-0.1, -0.05) is 52.2 Å². The second-order valence-corrected chi connectivity index (χ2v) is 14.2. The standard InChI is InChI=1S/C28H34N2O6S2/c1-26-9-2-3-22(26)21-6-4-19-18-28(35-14-15-36-28)12-11-27(19,23(21)8-10-26)13-16-37-38-25-7-5-20(29(31)32)17-24(25)30(33)34/h5,7-8,17-18,21-22H,2-4,6,9-16H2,1H3/t21-,22-,26-,27+/m0/s1. The summed E-state index contributed by atoms with van der Waals surface area (Å²) in [5.74, 6) is 1.67. The second-order valence-electron chi connectivity index (χ2n) is 11.7. The van der Waals surface area contributed by atoms with Crippen molar-refractivity contribution in [2.24, 2.45) is 22.7 Å². The van der Waals surface area contributed by atoms with Gasteiger partial charge in [0, 0.05) is 23.7 Å². The lowest BCUT2D eigenvalue weighted by Gasteiger charge is -2.55. The maximum absolute atomic E-state index is 11.6. The number of nitro benzene ring substituents is 2. The highest BCUT2D eigenvalue weighted by Crippen LogP contribution is 2.65. The van der Waals surface area contributed by atoms with E-state index >= 15 is 0 Å².